The predicted octanol–water partition coefficient (Wildman–Crippen LogP) is 9.75. The van der Waals surface area contributed by atoms with Crippen molar-refractivity contribution in [3.63, 3.8) is 0 Å². The minimum atomic E-state index is -0.489. The molecule has 0 saturated carbocycles. The van der Waals surface area contributed by atoms with Crippen molar-refractivity contribution < 1.29 is 19.4 Å². The Bertz CT molecular complexity index is 1300. The third-order valence-electron chi connectivity index (χ3n) is 9.73. The van der Waals surface area contributed by atoms with E-state index in [2.05, 4.69) is 53.6 Å². The van der Waals surface area contributed by atoms with Crippen LogP contribution in [0, 0.1) is 0 Å². The average Bonchev–Trinajstić information content (AvgIpc) is 3.16. The van der Waals surface area contributed by atoms with Gasteiger partial charge in [-0.2, -0.15) is 0 Å². The summed E-state index contributed by atoms with van der Waals surface area (Å²) in [5.74, 6) is 0. The SMILES string of the molecule is CCCCCCCCN(CCCCCCCC)CC1CC(c2ccc(CO)cc2)OC(c2ccc(CNC(=O)NCc3ccccc3)cc2)O1. The Hall–Kier alpha value is -3.23. The van der Waals surface area contributed by atoms with Gasteiger partial charge >= 0.3 is 6.03 Å². The fourth-order valence-corrected chi connectivity index (χ4v) is 6.66. The Kier molecular flexibility index (Phi) is 18.4. The van der Waals surface area contributed by atoms with Crippen LogP contribution in [-0.4, -0.2) is 41.8 Å². The number of rotatable bonds is 23. The van der Waals surface area contributed by atoms with E-state index < -0.39 is 6.29 Å². The van der Waals surface area contributed by atoms with Crippen LogP contribution >= 0.6 is 0 Å². The summed E-state index contributed by atoms with van der Waals surface area (Å²) in [7, 11) is 0. The van der Waals surface area contributed by atoms with Gasteiger partial charge in [0.25, 0.3) is 0 Å². The normalized spacial score (nSPS) is 17.6. The molecule has 1 fully saturated rings. The third-order valence-corrected chi connectivity index (χ3v) is 9.73. The van der Waals surface area contributed by atoms with E-state index >= 15 is 0 Å². The zero-order valence-electron chi connectivity index (χ0n) is 30.8. The molecule has 0 radical (unpaired) electrons. The first-order chi connectivity index (χ1) is 24.6. The molecule has 7 nitrogen and oxygen atoms in total. The molecular formula is C43H63N3O4. The molecule has 3 aromatic carbocycles. The molecule has 1 aliphatic rings. The molecule has 1 saturated heterocycles. The number of benzene rings is 3. The lowest BCUT2D eigenvalue weighted by molar-refractivity contribution is -0.253. The van der Waals surface area contributed by atoms with Gasteiger partial charge in [0.05, 0.1) is 18.8 Å². The molecule has 4 rings (SSSR count). The van der Waals surface area contributed by atoms with Gasteiger partial charge in [-0.15, -0.1) is 0 Å². The Balaban J connectivity index is 1.38. The maximum atomic E-state index is 12.4. The fourth-order valence-electron chi connectivity index (χ4n) is 6.66. The highest BCUT2D eigenvalue weighted by Crippen LogP contribution is 2.38. The zero-order chi connectivity index (χ0) is 35.2. The largest absolute Gasteiger partial charge is 0.392 e. The highest BCUT2D eigenvalue weighted by Gasteiger charge is 2.33. The summed E-state index contributed by atoms with van der Waals surface area (Å²) in [6.45, 7) is 8.63. The number of unbranched alkanes of at least 4 members (excludes halogenated alkanes) is 10. The fraction of sp³-hybridized carbons (Fsp3) is 0.558. The Morgan fingerprint density at radius 2 is 1.18 bits per heavy atom. The number of aliphatic hydroxyl groups is 1. The number of urea groups is 1. The maximum Gasteiger partial charge on any atom is 0.315 e. The monoisotopic (exact) mass is 685 g/mol. The summed E-state index contributed by atoms with van der Waals surface area (Å²) in [6.07, 6.45) is 15.8. The van der Waals surface area contributed by atoms with Crippen molar-refractivity contribution in [2.75, 3.05) is 19.6 Å². The second kappa shape index (κ2) is 23.3. The van der Waals surface area contributed by atoms with Crippen LogP contribution in [0.1, 0.15) is 138 Å². The number of hydrogen-bond donors (Lipinski definition) is 3. The van der Waals surface area contributed by atoms with E-state index in [0.717, 1.165) is 53.9 Å². The van der Waals surface area contributed by atoms with Crippen molar-refractivity contribution in [3.05, 3.63) is 107 Å². The summed E-state index contributed by atoms with van der Waals surface area (Å²) in [5, 5.41) is 15.5. The molecule has 2 amide bonds. The van der Waals surface area contributed by atoms with Crippen LogP contribution in [0.3, 0.4) is 0 Å². The molecular weight excluding hydrogens is 622 g/mol. The summed E-state index contributed by atoms with van der Waals surface area (Å²) in [6, 6.07) is 26.0. The summed E-state index contributed by atoms with van der Waals surface area (Å²) in [5.41, 5.74) is 5.06. The molecule has 1 aliphatic heterocycles. The molecule has 1 heterocycles. The van der Waals surface area contributed by atoms with E-state index in [9.17, 15) is 9.90 Å². The number of hydrogen-bond acceptors (Lipinski definition) is 5. The summed E-state index contributed by atoms with van der Waals surface area (Å²) >= 11 is 0. The van der Waals surface area contributed by atoms with Crippen molar-refractivity contribution in [1.29, 1.82) is 0 Å². The van der Waals surface area contributed by atoms with E-state index in [1.54, 1.807) is 0 Å². The standard InChI is InChI=1S/C43H63N3O4/c1-3-5-7-9-11-16-28-46(29-17-12-10-8-6-4-2)33-40-30-41(38-24-22-37(34-47)23-25-38)50-42(49-40)39-26-20-36(21-27-39)32-45-43(48)44-31-35-18-14-13-15-19-35/h13-15,18-27,40-42,47H,3-12,16-17,28-34H2,1-2H3,(H2,44,45,48). The van der Waals surface area contributed by atoms with Crippen molar-refractivity contribution >= 4 is 6.03 Å². The molecule has 3 N–H and O–H groups in total. The van der Waals surface area contributed by atoms with Crippen LogP contribution in [0.15, 0.2) is 78.9 Å². The first-order valence-corrected chi connectivity index (χ1v) is 19.4. The first-order valence-electron chi connectivity index (χ1n) is 19.4. The molecule has 0 aliphatic carbocycles. The van der Waals surface area contributed by atoms with Gasteiger partial charge in [0, 0.05) is 31.6 Å². The minimum absolute atomic E-state index is 0.0297. The van der Waals surface area contributed by atoms with E-state index in [0.29, 0.717) is 13.1 Å². The highest BCUT2D eigenvalue weighted by molar-refractivity contribution is 5.73. The van der Waals surface area contributed by atoms with Gasteiger partial charge in [-0.1, -0.05) is 157 Å². The molecule has 274 valence electrons. The number of aliphatic hydroxyl groups excluding tert-OH is 1. The maximum absolute atomic E-state index is 12.4. The van der Waals surface area contributed by atoms with E-state index in [4.69, 9.17) is 9.47 Å². The lowest BCUT2D eigenvalue weighted by Gasteiger charge is -2.38. The first kappa shape index (κ1) is 39.6. The summed E-state index contributed by atoms with van der Waals surface area (Å²) < 4.78 is 13.4. The Morgan fingerprint density at radius 3 is 1.76 bits per heavy atom. The van der Waals surface area contributed by atoms with Gasteiger partial charge in [0.1, 0.15) is 0 Å². The second-order valence-corrected chi connectivity index (χ2v) is 13.9. The van der Waals surface area contributed by atoms with Crippen LogP contribution < -0.4 is 10.6 Å². The lowest BCUT2D eigenvalue weighted by atomic mass is 9.99. The molecule has 7 heteroatoms. The van der Waals surface area contributed by atoms with E-state index in [1.165, 1.54) is 77.0 Å². The van der Waals surface area contributed by atoms with Crippen molar-refractivity contribution in [2.24, 2.45) is 0 Å². The van der Waals surface area contributed by atoms with Crippen molar-refractivity contribution in [2.45, 2.75) is 136 Å². The lowest BCUT2D eigenvalue weighted by Crippen LogP contribution is -2.40. The van der Waals surface area contributed by atoms with Crippen LogP contribution in [0.4, 0.5) is 4.79 Å². The molecule has 3 atom stereocenters. The van der Waals surface area contributed by atoms with E-state index in [-0.39, 0.29) is 24.8 Å². The third kappa shape index (κ3) is 14.6. The zero-order valence-corrected chi connectivity index (χ0v) is 30.8. The number of carbonyl (C=O) groups excluding carboxylic acids is 1. The summed E-state index contributed by atoms with van der Waals surface area (Å²) in [4.78, 5) is 15.1. The average molecular weight is 686 g/mol. The van der Waals surface area contributed by atoms with Gasteiger partial charge in [0.15, 0.2) is 6.29 Å². The van der Waals surface area contributed by atoms with Crippen LogP contribution in [-0.2, 0) is 29.2 Å². The second-order valence-electron chi connectivity index (χ2n) is 13.9. The molecule has 0 bridgehead atoms. The molecule has 50 heavy (non-hydrogen) atoms. The van der Waals surface area contributed by atoms with Gasteiger partial charge in [-0.05, 0) is 48.2 Å². The van der Waals surface area contributed by atoms with Gasteiger partial charge < -0.3 is 30.1 Å². The Morgan fingerprint density at radius 1 is 0.660 bits per heavy atom. The Labute approximate surface area is 302 Å². The number of nitrogens with zero attached hydrogens (tertiary/aromatic N) is 1. The van der Waals surface area contributed by atoms with Gasteiger partial charge in [0.2, 0.25) is 0 Å². The molecule has 0 aromatic heterocycles. The predicted molar refractivity (Wildman–Crippen MR) is 204 cm³/mol. The molecule has 0 spiro atoms. The quantitative estimate of drug-likeness (QED) is 0.0866. The topological polar surface area (TPSA) is 83.1 Å². The number of amides is 2. The highest BCUT2D eigenvalue weighted by atomic mass is 16.7. The van der Waals surface area contributed by atoms with Crippen molar-refractivity contribution in [1.82, 2.24) is 15.5 Å². The number of nitrogens with one attached hydrogen (secondary N) is 2. The molecule has 3 aromatic rings. The van der Waals surface area contributed by atoms with Gasteiger partial charge in [-0.25, -0.2) is 4.79 Å². The van der Waals surface area contributed by atoms with Crippen LogP contribution in [0.5, 0.6) is 0 Å². The van der Waals surface area contributed by atoms with Gasteiger partial charge in [-0.3, -0.25) is 0 Å². The van der Waals surface area contributed by atoms with E-state index in [1.807, 2.05) is 54.6 Å². The smallest absolute Gasteiger partial charge is 0.315 e. The molecule has 3 unspecified atom stereocenters. The van der Waals surface area contributed by atoms with Crippen molar-refractivity contribution in [3.8, 4) is 0 Å². The number of ether oxygens (including phenoxy) is 2. The minimum Gasteiger partial charge on any atom is -0.392 e. The van der Waals surface area contributed by atoms with Crippen LogP contribution in [0.25, 0.3) is 0 Å². The number of carbonyl (C=O) groups is 1. The van der Waals surface area contributed by atoms with Crippen LogP contribution in [0.2, 0.25) is 0 Å².